The standard InChI is InChI=1S/C25H37N3O3Si2/c1-24(2,3)32(7,8)30-21-16-15-18(17-22(21)31-33(9,10)25(4,5)6)23(29)28-20-14-12-11-13-19(20)26-27-28/h11-17H,1-10H3. The molecule has 0 bridgehead atoms. The predicted molar refractivity (Wildman–Crippen MR) is 139 cm³/mol. The number of nitrogens with zero attached hydrogens (tertiary/aromatic N) is 3. The minimum Gasteiger partial charge on any atom is -0.541 e. The molecular weight excluding hydrogens is 446 g/mol. The Morgan fingerprint density at radius 1 is 0.818 bits per heavy atom. The van der Waals surface area contributed by atoms with Crippen molar-refractivity contribution in [2.75, 3.05) is 0 Å². The van der Waals surface area contributed by atoms with E-state index in [1.165, 1.54) is 4.68 Å². The van der Waals surface area contributed by atoms with Gasteiger partial charge in [-0.3, -0.25) is 4.79 Å². The van der Waals surface area contributed by atoms with Gasteiger partial charge >= 0.3 is 0 Å². The first-order valence-electron chi connectivity index (χ1n) is 11.4. The van der Waals surface area contributed by atoms with E-state index in [0.717, 1.165) is 0 Å². The number of hydrogen-bond acceptors (Lipinski definition) is 5. The van der Waals surface area contributed by atoms with Crippen LogP contribution in [0, 0.1) is 0 Å². The van der Waals surface area contributed by atoms with Crippen LogP contribution < -0.4 is 8.85 Å². The first kappa shape index (κ1) is 25.2. The van der Waals surface area contributed by atoms with Crippen LogP contribution in [0.4, 0.5) is 0 Å². The van der Waals surface area contributed by atoms with E-state index in [1.54, 1.807) is 6.07 Å². The minimum atomic E-state index is -2.18. The van der Waals surface area contributed by atoms with Crippen LogP contribution in [-0.4, -0.2) is 37.5 Å². The van der Waals surface area contributed by atoms with E-state index in [0.29, 0.717) is 28.1 Å². The third-order valence-electron chi connectivity index (χ3n) is 7.08. The quantitative estimate of drug-likeness (QED) is 0.370. The molecular formula is C25H37N3O3Si2. The molecule has 0 atom stereocenters. The molecule has 2 aromatic carbocycles. The molecule has 0 aliphatic carbocycles. The summed E-state index contributed by atoms with van der Waals surface area (Å²) in [5.74, 6) is 1.08. The smallest absolute Gasteiger partial charge is 0.280 e. The second kappa shape index (κ2) is 8.40. The molecule has 6 nitrogen and oxygen atoms in total. The molecule has 0 amide bonds. The number of aromatic nitrogens is 3. The van der Waals surface area contributed by atoms with Crippen molar-refractivity contribution >= 4 is 33.6 Å². The van der Waals surface area contributed by atoms with Crippen LogP contribution in [0.15, 0.2) is 42.5 Å². The second-order valence-electron chi connectivity index (χ2n) is 11.7. The summed E-state index contributed by atoms with van der Waals surface area (Å²) in [5.41, 5.74) is 1.85. The molecule has 0 spiro atoms. The molecule has 33 heavy (non-hydrogen) atoms. The van der Waals surface area contributed by atoms with E-state index < -0.39 is 16.6 Å². The number of benzene rings is 2. The Balaban J connectivity index is 2.08. The lowest BCUT2D eigenvalue weighted by atomic mass is 10.2. The van der Waals surface area contributed by atoms with Gasteiger partial charge < -0.3 is 8.85 Å². The SMILES string of the molecule is CC(C)(C)[Si](C)(C)Oc1ccc(C(=O)n2nnc3ccccc32)cc1O[Si](C)(C)C(C)(C)C. The maximum atomic E-state index is 13.4. The van der Waals surface area contributed by atoms with E-state index in [4.69, 9.17) is 8.85 Å². The highest BCUT2D eigenvalue weighted by atomic mass is 28.4. The number of para-hydroxylation sites is 1. The first-order valence-corrected chi connectivity index (χ1v) is 17.2. The molecule has 0 fully saturated rings. The van der Waals surface area contributed by atoms with Gasteiger partial charge in [0.05, 0.1) is 5.52 Å². The summed E-state index contributed by atoms with van der Waals surface area (Å²) in [6.07, 6.45) is 0. The molecule has 8 heteroatoms. The van der Waals surface area contributed by atoms with Crippen molar-refractivity contribution < 1.29 is 13.6 Å². The van der Waals surface area contributed by atoms with Crippen LogP contribution in [-0.2, 0) is 0 Å². The highest BCUT2D eigenvalue weighted by molar-refractivity contribution is 6.75. The zero-order valence-electron chi connectivity index (χ0n) is 21.6. The van der Waals surface area contributed by atoms with Crippen molar-refractivity contribution in [3.8, 4) is 11.5 Å². The second-order valence-corrected chi connectivity index (χ2v) is 21.1. The average molecular weight is 484 g/mol. The van der Waals surface area contributed by atoms with Crippen LogP contribution in [0.3, 0.4) is 0 Å². The molecule has 3 aromatic rings. The van der Waals surface area contributed by atoms with Crippen molar-refractivity contribution in [3.63, 3.8) is 0 Å². The molecule has 1 aromatic heterocycles. The van der Waals surface area contributed by atoms with Gasteiger partial charge in [-0.1, -0.05) is 58.9 Å². The molecule has 0 unspecified atom stereocenters. The van der Waals surface area contributed by atoms with Crippen LogP contribution in [0.5, 0.6) is 11.5 Å². The van der Waals surface area contributed by atoms with Crippen molar-refractivity contribution in [2.45, 2.75) is 77.8 Å². The van der Waals surface area contributed by atoms with Crippen LogP contribution in [0.25, 0.3) is 11.0 Å². The van der Waals surface area contributed by atoms with Gasteiger partial charge in [0.25, 0.3) is 22.5 Å². The summed E-state index contributed by atoms with van der Waals surface area (Å²) in [6.45, 7) is 22.0. The fourth-order valence-electron chi connectivity index (χ4n) is 2.80. The van der Waals surface area contributed by atoms with Crippen molar-refractivity contribution in [1.29, 1.82) is 0 Å². The number of carbonyl (C=O) groups is 1. The minimum absolute atomic E-state index is 0.00334. The van der Waals surface area contributed by atoms with Gasteiger partial charge in [-0.05, 0) is 66.6 Å². The third-order valence-corrected chi connectivity index (χ3v) is 15.8. The zero-order chi connectivity index (χ0) is 24.8. The number of hydrogen-bond donors (Lipinski definition) is 0. The Morgan fingerprint density at radius 2 is 1.36 bits per heavy atom. The number of rotatable bonds is 5. The van der Waals surface area contributed by atoms with E-state index in [1.807, 2.05) is 36.4 Å². The van der Waals surface area contributed by atoms with Gasteiger partial charge in [0.2, 0.25) is 0 Å². The monoisotopic (exact) mass is 483 g/mol. The lowest BCUT2D eigenvalue weighted by molar-refractivity contribution is 0.0948. The summed E-state index contributed by atoms with van der Waals surface area (Å²) in [4.78, 5) is 13.4. The summed E-state index contributed by atoms with van der Waals surface area (Å²) in [5, 5.41) is 8.25. The fraction of sp³-hybridized carbons (Fsp3) is 0.480. The summed E-state index contributed by atoms with van der Waals surface area (Å²) in [6, 6.07) is 12.9. The maximum absolute atomic E-state index is 13.4. The summed E-state index contributed by atoms with van der Waals surface area (Å²) >= 11 is 0. The molecule has 0 saturated heterocycles. The summed E-state index contributed by atoms with van der Waals surface area (Å²) in [7, 11) is -4.29. The predicted octanol–water partition coefficient (Wildman–Crippen LogP) is 6.89. The first-order chi connectivity index (χ1) is 15.0. The van der Waals surface area contributed by atoms with Crippen molar-refractivity contribution in [3.05, 3.63) is 48.0 Å². The Morgan fingerprint density at radius 3 is 1.94 bits per heavy atom. The lowest BCUT2D eigenvalue weighted by Crippen LogP contribution is -2.45. The normalized spacial score (nSPS) is 13.3. The van der Waals surface area contributed by atoms with Gasteiger partial charge in [-0.15, -0.1) is 5.10 Å². The summed E-state index contributed by atoms with van der Waals surface area (Å²) < 4.78 is 14.7. The lowest BCUT2D eigenvalue weighted by Gasteiger charge is -2.39. The van der Waals surface area contributed by atoms with Gasteiger partial charge in [-0.2, -0.15) is 4.68 Å². The van der Waals surface area contributed by atoms with Crippen LogP contribution in [0.1, 0.15) is 51.9 Å². The van der Waals surface area contributed by atoms with Gasteiger partial charge in [0.1, 0.15) is 17.0 Å². The topological polar surface area (TPSA) is 66.2 Å². The van der Waals surface area contributed by atoms with Gasteiger partial charge in [0.15, 0.2) is 0 Å². The fourth-order valence-corrected chi connectivity index (χ4v) is 4.84. The Bertz CT molecular complexity index is 1170. The Labute approximate surface area is 199 Å². The highest BCUT2D eigenvalue weighted by Crippen LogP contribution is 2.43. The van der Waals surface area contributed by atoms with Crippen LogP contribution >= 0.6 is 0 Å². The van der Waals surface area contributed by atoms with E-state index in [-0.39, 0.29) is 16.0 Å². The van der Waals surface area contributed by atoms with Gasteiger partial charge in [0, 0.05) is 5.56 Å². The molecule has 178 valence electrons. The molecule has 0 N–H and O–H groups in total. The van der Waals surface area contributed by atoms with Crippen molar-refractivity contribution in [2.24, 2.45) is 0 Å². The molecule has 0 aliphatic heterocycles. The molecule has 3 rings (SSSR count). The highest BCUT2D eigenvalue weighted by Gasteiger charge is 2.42. The Hall–Kier alpha value is -2.46. The molecule has 0 aliphatic rings. The zero-order valence-corrected chi connectivity index (χ0v) is 23.6. The molecule has 0 radical (unpaired) electrons. The average Bonchev–Trinajstić information content (AvgIpc) is 3.10. The molecule has 0 saturated carbocycles. The van der Waals surface area contributed by atoms with Crippen LogP contribution in [0.2, 0.25) is 36.3 Å². The number of carbonyl (C=O) groups excluding carboxylic acids is 1. The third kappa shape index (κ3) is 5.06. The largest absolute Gasteiger partial charge is 0.541 e. The van der Waals surface area contributed by atoms with E-state index in [2.05, 4.69) is 78.0 Å². The van der Waals surface area contributed by atoms with E-state index >= 15 is 0 Å². The Kier molecular flexibility index (Phi) is 6.40. The van der Waals surface area contributed by atoms with E-state index in [9.17, 15) is 4.79 Å². The number of fused-ring (bicyclic) bond motifs is 1. The molecule has 1 heterocycles. The maximum Gasteiger partial charge on any atom is 0.280 e. The van der Waals surface area contributed by atoms with Gasteiger partial charge in [-0.25, -0.2) is 0 Å². The van der Waals surface area contributed by atoms with Crippen molar-refractivity contribution in [1.82, 2.24) is 15.0 Å².